The lowest BCUT2D eigenvalue weighted by Crippen LogP contribution is -2.35. The molecule has 1 heterocycles. The van der Waals surface area contributed by atoms with Crippen molar-refractivity contribution >= 4 is 29.7 Å². The molecule has 4 nitrogen and oxygen atoms in total. The second kappa shape index (κ2) is 8.88. The van der Waals surface area contributed by atoms with Crippen LogP contribution >= 0.6 is 23.7 Å². The Hall–Kier alpha value is -1.43. The van der Waals surface area contributed by atoms with Crippen molar-refractivity contribution < 1.29 is 4.79 Å². The average molecular weight is 340 g/mol. The smallest absolute Gasteiger partial charge is 0.224 e. The third-order valence-electron chi connectivity index (χ3n) is 3.28. The van der Waals surface area contributed by atoms with Gasteiger partial charge < -0.3 is 10.6 Å². The number of rotatable bonds is 6. The highest BCUT2D eigenvalue weighted by atomic mass is 35.5. The van der Waals surface area contributed by atoms with E-state index in [-0.39, 0.29) is 30.3 Å². The van der Waals surface area contributed by atoms with Crippen molar-refractivity contribution in [2.24, 2.45) is 5.92 Å². The summed E-state index contributed by atoms with van der Waals surface area (Å²) in [5.41, 5.74) is 2.06. The average Bonchev–Trinajstić information content (AvgIpc) is 2.98. The first-order valence-electron chi connectivity index (χ1n) is 7.07. The summed E-state index contributed by atoms with van der Waals surface area (Å²) in [6, 6.07) is 9.99. The second-order valence-electron chi connectivity index (χ2n) is 5.13. The number of carbonyl (C=O) groups is 1. The van der Waals surface area contributed by atoms with Crippen molar-refractivity contribution in [1.82, 2.24) is 15.6 Å². The molecule has 6 heteroatoms. The molecule has 0 spiro atoms. The van der Waals surface area contributed by atoms with Crippen molar-refractivity contribution in [3.63, 3.8) is 0 Å². The fourth-order valence-electron chi connectivity index (χ4n) is 2.04. The molecule has 2 rings (SSSR count). The first-order valence-corrected chi connectivity index (χ1v) is 7.95. The van der Waals surface area contributed by atoms with E-state index in [2.05, 4.69) is 15.6 Å². The highest BCUT2D eigenvalue weighted by Crippen LogP contribution is 2.25. The maximum atomic E-state index is 12.0. The summed E-state index contributed by atoms with van der Waals surface area (Å²) in [4.78, 5) is 16.6. The van der Waals surface area contributed by atoms with Crippen LogP contribution in [0.5, 0.6) is 0 Å². The SMILES string of the molecule is CNCC(C)C(=O)NC(C)c1nc(-c2ccccc2)cs1.Cl. The van der Waals surface area contributed by atoms with E-state index in [1.807, 2.05) is 56.6 Å². The monoisotopic (exact) mass is 339 g/mol. The third kappa shape index (κ3) is 4.80. The number of hydrogen-bond acceptors (Lipinski definition) is 4. The molecule has 0 fully saturated rings. The third-order valence-corrected chi connectivity index (χ3v) is 4.31. The molecular weight excluding hydrogens is 318 g/mol. The molecule has 0 aliphatic carbocycles. The molecule has 0 saturated carbocycles. The largest absolute Gasteiger partial charge is 0.347 e. The van der Waals surface area contributed by atoms with Crippen LogP contribution in [0.2, 0.25) is 0 Å². The fraction of sp³-hybridized carbons (Fsp3) is 0.375. The maximum absolute atomic E-state index is 12.0. The van der Waals surface area contributed by atoms with Gasteiger partial charge in [0.25, 0.3) is 0 Å². The molecule has 2 unspecified atom stereocenters. The molecule has 1 aromatic carbocycles. The van der Waals surface area contributed by atoms with E-state index in [0.29, 0.717) is 6.54 Å². The minimum Gasteiger partial charge on any atom is -0.347 e. The quantitative estimate of drug-likeness (QED) is 0.849. The van der Waals surface area contributed by atoms with Gasteiger partial charge in [0, 0.05) is 23.4 Å². The highest BCUT2D eigenvalue weighted by molar-refractivity contribution is 7.10. The predicted octanol–water partition coefficient (Wildman–Crippen LogP) is 3.26. The summed E-state index contributed by atoms with van der Waals surface area (Å²) in [6.45, 7) is 4.55. The summed E-state index contributed by atoms with van der Waals surface area (Å²) in [7, 11) is 1.85. The lowest BCUT2D eigenvalue weighted by atomic mass is 10.1. The Balaban J connectivity index is 0.00000242. The number of benzene rings is 1. The summed E-state index contributed by atoms with van der Waals surface area (Å²) in [6.07, 6.45) is 0. The number of halogens is 1. The minimum absolute atomic E-state index is 0. The number of thiazole rings is 1. The van der Waals surface area contributed by atoms with Crippen LogP contribution in [0.1, 0.15) is 24.9 Å². The van der Waals surface area contributed by atoms with Gasteiger partial charge in [0.05, 0.1) is 11.7 Å². The van der Waals surface area contributed by atoms with Crippen molar-refractivity contribution in [2.75, 3.05) is 13.6 Å². The Bertz CT molecular complexity index is 588. The number of carbonyl (C=O) groups excluding carboxylic acids is 1. The van der Waals surface area contributed by atoms with Crippen LogP contribution in [0.15, 0.2) is 35.7 Å². The molecule has 0 radical (unpaired) electrons. The minimum atomic E-state index is -0.0701. The van der Waals surface area contributed by atoms with Gasteiger partial charge in [-0.05, 0) is 14.0 Å². The highest BCUT2D eigenvalue weighted by Gasteiger charge is 2.17. The molecule has 22 heavy (non-hydrogen) atoms. The molecule has 2 N–H and O–H groups in total. The van der Waals surface area contributed by atoms with Gasteiger partial charge in [-0.25, -0.2) is 4.98 Å². The molecule has 0 aliphatic rings. The van der Waals surface area contributed by atoms with Gasteiger partial charge in [-0.3, -0.25) is 4.79 Å². The van der Waals surface area contributed by atoms with Crippen molar-refractivity contribution in [3.8, 4) is 11.3 Å². The van der Waals surface area contributed by atoms with Crippen LogP contribution in [0.3, 0.4) is 0 Å². The molecule has 2 aromatic rings. The molecular formula is C16H22ClN3OS. The Morgan fingerprint density at radius 2 is 1.95 bits per heavy atom. The van der Waals surface area contributed by atoms with E-state index < -0.39 is 0 Å². The molecule has 1 aromatic heterocycles. The van der Waals surface area contributed by atoms with Gasteiger partial charge in [0.15, 0.2) is 0 Å². The zero-order valence-electron chi connectivity index (χ0n) is 13.0. The molecule has 2 atom stereocenters. The van der Waals surface area contributed by atoms with E-state index in [0.717, 1.165) is 16.3 Å². The van der Waals surface area contributed by atoms with Gasteiger partial charge >= 0.3 is 0 Å². The normalized spacial score (nSPS) is 13.0. The van der Waals surface area contributed by atoms with E-state index in [1.54, 1.807) is 11.3 Å². The van der Waals surface area contributed by atoms with E-state index in [4.69, 9.17) is 0 Å². The predicted molar refractivity (Wildman–Crippen MR) is 94.4 cm³/mol. The Morgan fingerprint density at radius 3 is 2.59 bits per heavy atom. The van der Waals surface area contributed by atoms with Crippen LogP contribution in [0, 0.1) is 5.92 Å². The molecule has 0 saturated heterocycles. The van der Waals surface area contributed by atoms with Crippen LogP contribution in [-0.4, -0.2) is 24.5 Å². The van der Waals surface area contributed by atoms with Gasteiger partial charge in [-0.1, -0.05) is 37.3 Å². The van der Waals surface area contributed by atoms with E-state index in [1.165, 1.54) is 0 Å². The number of aromatic nitrogens is 1. The summed E-state index contributed by atoms with van der Waals surface area (Å²) >= 11 is 1.58. The second-order valence-corrected chi connectivity index (χ2v) is 6.02. The number of nitrogens with one attached hydrogen (secondary N) is 2. The summed E-state index contributed by atoms with van der Waals surface area (Å²) in [5, 5.41) is 8.99. The fourth-order valence-corrected chi connectivity index (χ4v) is 2.88. The first-order chi connectivity index (χ1) is 10.1. The Kier molecular flexibility index (Phi) is 7.51. The van der Waals surface area contributed by atoms with Crippen molar-refractivity contribution in [1.29, 1.82) is 0 Å². The Labute approximate surface area is 141 Å². The van der Waals surface area contributed by atoms with Crippen molar-refractivity contribution in [3.05, 3.63) is 40.7 Å². The molecule has 0 aliphatic heterocycles. The first kappa shape index (κ1) is 18.6. The molecule has 1 amide bonds. The van der Waals surface area contributed by atoms with Crippen LogP contribution in [0.25, 0.3) is 11.3 Å². The van der Waals surface area contributed by atoms with Gasteiger partial charge in [0.2, 0.25) is 5.91 Å². The summed E-state index contributed by atoms with van der Waals surface area (Å²) < 4.78 is 0. The number of nitrogens with zero attached hydrogens (tertiary/aromatic N) is 1. The van der Waals surface area contributed by atoms with E-state index >= 15 is 0 Å². The lowest BCUT2D eigenvalue weighted by Gasteiger charge is -2.15. The molecule has 120 valence electrons. The van der Waals surface area contributed by atoms with Crippen LogP contribution in [0.4, 0.5) is 0 Å². The van der Waals surface area contributed by atoms with E-state index in [9.17, 15) is 4.79 Å². The van der Waals surface area contributed by atoms with Crippen LogP contribution in [-0.2, 0) is 4.79 Å². The topological polar surface area (TPSA) is 54.0 Å². The summed E-state index contributed by atoms with van der Waals surface area (Å²) in [5.74, 6) is -0.000632. The zero-order valence-corrected chi connectivity index (χ0v) is 14.6. The number of hydrogen-bond donors (Lipinski definition) is 2. The van der Waals surface area contributed by atoms with Crippen LogP contribution < -0.4 is 10.6 Å². The Morgan fingerprint density at radius 1 is 1.27 bits per heavy atom. The standard InChI is InChI=1S/C16H21N3OS.ClH/c1-11(9-17-3)15(20)18-12(2)16-19-14(10-21-16)13-7-5-4-6-8-13;/h4-8,10-12,17H,9H2,1-3H3,(H,18,20);1H. The number of amides is 1. The lowest BCUT2D eigenvalue weighted by molar-refractivity contribution is -0.125. The zero-order chi connectivity index (χ0) is 15.2. The molecule has 0 bridgehead atoms. The van der Waals surface area contributed by atoms with Gasteiger partial charge in [-0.15, -0.1) is 23.7 Å². The van der Waals surface area contributed by atoms with Gasteiger partial charge in [-0.2, -0.15) is 0 Å². The van der Waals surface area contributed by atoms with Crippen molar-refractivity contribution in [2.45, 2.75) is 19.9 Å². The van der Waals surface area contributed by atoms with Gasteiger partial charge in [0.1, 0.15) is 5.01 Å². The maximum Gasteiger partial charge on any atom is 0.224 e.